The summed E-state index contributed by atoms with van der Waals surface area (Å²) in [5.74, 6) is -3.77. The van der Waals surface area contributed by atoms with Crippen LogP contribution in [0.2, 0.25) is 0 Å². The molecule has 0 fully saturated rings. The van der Waals surface area contributed by atoms with Crippen molar-refractivity contribution in [2.75, 3.05) is 12.4 Å². The average molecular weight is 308 g/mol. The molecule has 0 saturated heterocycles. The number of anilines is 1. The van der Waals surface area contributed by atoms with Crippen molar-refractivity contribution < 1.29 is 24.2 Å². The Morgan fingerprint density at radius 1 is 1.29 bits per heavy atom. The molecule has 1 aliphatic carbocycles. The Labute approximate surface area is 125 Å². The Bertz CT molecular complexity index is 592. The predicted molar refractivity (Wildman–Crippen MR) is 74.6 cm³/mol. The number of carbonyl (C=O) groups is 3. The third kappa shape index (κ3) is 3.30. The minimum absolute atomic E-state index is 0.272. The van der Waals surface area contributed by atoms with Gasteiger partial charge in [-0.3, -0.25) is 4.79 Å². The number of allylic oxidation sites excluding steroid dienone is 2. The van der Waals surface area contributed by atoms with E-state index in [0.29, 0.717) is 12.1 Å². The van der Waals surface area contributed by atoms with Crippen molar-refractivity contribution in [2.24, 2.45) is 11.8 Å². The maximum Gasteiger partial charge on any atom is 0.350 e. The summed E-state index contributed by atoms with van der Waals surface area (Å²) < 4.78 is 4.63. The second kappa shape index (κ2) is 6.53. The Morgan fingerprint density at radius 2 is 1.95 bits per heavy atom. The Balaban J connectivity index is 2.14. The van der Waals surface area contributed by atoms with Crippen LogP contribution in [0.4, 0.5) is 5.69 Å². The van der Waals surface area contributed by atoms with Crippen LogP contribution in [0, 0.1) is 11.8 Å². The van der Waals surface area contributed by atoms with Crippen LogP contribution in [-0.2, 0) is 14.3 Å². The number of methoxy groups -OCH3 is 1. The molecule has 0 radical (unpaired) electrons. The molecule has 2 atom stereocenters. The summed E-state index contributed by atoms with van der Waals surface area (Å²) in [6.07, 6.45) is 4.11. The van der Waals surface area contributed by atoms with Crippen molar-refractivity contribution in [3.05, 3.63) is 28.5 Å². The molecule has 7 heteroatoms. The van der Waals surface area contributed by atoms with Gasteiger partial charge in [-0.25, -0.2) is 4.79 Å². The molecule has 0 aliphatic heterocycles. The number of ether oxygens (including phenoxy) is 1. The van der Waals surface area contributed by atoms with Gasteiger partial charge in [0.25, 0.3) is 0 Å². The lowest BCUT2D eigenvalue weighted by Gasteiger charge is -2.28. The highest BCUT2D eigenvalue weighted by Crippen LogP contribution is 2.29. The smallest absolute Gasteiger partial charge is 0.350 e. The van der Waals surface area contributed by atoms with Crippen molar-refractivity contribution in [3.63, 3.8) is 0 Å². The van der Waals surface area contributed by atoms with Crippen LogP contribution in [0.3, 0.4) is 0 Å². The standard InChI is InChI=1S/C14H15NO5S/c1-20-14(19)11-10(6-7-21-11)15-12(16)8-4-2-3-5-9(8)13(17)18/h2-3,6-9H,4-5H2,1H3,(H,15,16)(H,17,18)/p-1/t8-,9+/m0/s1. The normalized spacial score (nSPS) is 20.8. The van der Waals surface area contributed by atoms with E-state index in [9.17, 15) is 19.5 Å². The zero-order valence-electron chi connectivity index (χ0n) is 11.3. The summed E-state index contributed by atoms with van der Waals surface area (Å²) in [4.78, 5) is 35.2. The number of thiophene rings is 1. The van der Waals surface area contributed by atoms with E-state index in [-0.39, 0.29) is 11.3 Å². The highest BCUT2D eigenvalue weighted by molar-refractivity contribution is 7.12. The van der Waals surface area contributed by atoms with E-state index in [0.717, 1.165) is 11.3 Å². The second-order valence-electron chi connectivity index (χ2n) is 4.62. The average Bonchev–Trinajstić information content (AvgIpc) is 2.94. The first kappa shape index (κ1) is 15.2. The van der Waals surface area contributed by atoms with E-state index in [2.05, 4.69) is 10.1 Å². The molecule has 21 heavy (non-hydrogen) atoms. The quantitative estimate of drug-likeness (QED) is 0.656. The van der Waals surface area contributed by atoms with E-state index in [4.69, 9.17) is 0 Å². The van der Waals surface area contributed by atoms with Crippen LogP contribution < -0.4 is 10.4 Å². The highest BCUT2D eigenvalue weighted by atomic mass is 32.1. The first-order chi connectivity index (χ1) is 10.0. The number of hydrogen-bond donors (Lipinski definition) is 1. The summed E-state index contributed by atoms with van der Waals surface area (Å²) in [6.45, 7) is 0. The number of carboxylic acid groups (broad SMARTS) is 1. The van der Waals surface area contributed by atoms with E-state index in [1.165, 1.54) is 7.11 Å². The summed E-state index contributed by atoms with van der Waals surface area (Å²) in [5.41, 5.74) is 0.337. The minimum atomic E-state index is -1.24. The van der Waals surface area contributed by atoms with Gasteiger partial charge in [-0.1, -0.05) is 12.2 Å². The monoisotopic (exact) mass is 308 g/mol. The fourth-order valence-electron chi connectivity index (χ4n) is 2.25. The number of esters is 1. The van der Waals surface area contributed by atoms with Crippen LogP contribution in [0.25, 0.3) is 0 Å². The third-order valence-corrected chi connectivity index (χ3v) is 4.26. The zero-order chi connectivity index (χ0) is 15.4. The van der Waals surface area contributed by atoms with Gasteiger partial charge in [0.1, 0.15) is 4.88 Å². The van der Waals surface area contributed by atoms with E-state index < -0.39 is 29.7 Å². The maximum absolute atomic E-state index is 12.3. The van der Waals surface area contributed by atoms with E-state index in [1.54, 1.807) is 23.6 Å². The lowest BCUT2D eigenvalue weighted by Crippen LogP contribution is -2.41. The zero-order valence-corrected chi connectivity index (χ0v) is 12.1. The molecule has 0 aromatic carbocycles. The lowest BCUT2D eigenvalue weighted by molar-refractivity contribution is -0.313. The van der Waals surface area contributed by atoms with Gasteiger partial charge in [-0.05, 0) is 24.3 Å². The number of amides is 1. The van der Waals surface area contributed by atoms with Crippen LogP contribution in [0.1, 0.15) is 22.5 Å². The summed E-state index contributed by atoms with van der Waals surface area (Å²) in [7, 11) is 1.26. The van der Waals surface area contributed by atoms with Crippen LogP contribution in [0.5, 0.6) is 0 Å². The molecule has 1 aliphatic rings. The molecule has 1 aromatic heterocycles. The molecule has 1 amide bonds. The fourth-order valence-corrected chi connectivity index (χ4v) is 3.01. The van der Waals surface area contributed by atoms with E-state index in [1.807, 2.05) is 0 Å². The number of carbonyl (C=O) groups excluding carboxylic acids is 3. The Hall–Kier alpha value is -2.15. The second-order valence-corrected chi connectivity index (χ2v) is 5.54. The predicted octanol–water partition coefficient (Wildman–Crippen LogP) is 0.805. The maximum atomic E-state index is 12.3. The van der Waals surface area contributed by atoms with Gasteiger partial charge in [-0.15, -0.1) is 11.3 Å². The Kier molecular flexibility index (Phi) is 4.74. The van der Waals surface area contributed by atoms with Gasteiger partial charge >= 0.3 is 5.97 Å². The highest BCUT2D eigenvalue weighted by Gasteiger charge is 2.30. The van der Waals surface area contributed by atoms with Gasteiger partial charge < -0.3 is 20.0 Å². The number of carboxylic acids is 1. The van der Waals surface area contributed by atoms with Crippen molar-refractivity contribution in [1.29, 1.82) is 0 Å². The van der Waals surface area contributed by atoms with Crippen molar-refractivity contribution in [2.45, 2.75) is 12.8 Å². The summed E-state index contributed by atoms with van der Waals surface area (Å²) >= 11 is 1.15. The molecule has 0 saturated carbocycles. The molecule has 2 rings (SSSR count). The van der Waals surface area contributed by atoms with Crippen LogP contribution in [0.15, 0.2) is 23.6 Å². The van der Waals surface area contributed by atoms with Crippen LogP contribution >= 0.6 is 11.3 Å². The van der Waals surface area contributed by atoms with Crippen molar-refractivity contribution in [1.82, 2.24) is 0 Å². The van der Waals surface area contributed by atoms with Gasteiger partial charge in [0.05, 0.1) is 18.7 Å². The Morgan fingerprint density at radius 3 is 2.57 bits per heavy atom. The topological polar surface area (TPSA) is 95.5 Å². The summed E-state index contributed by atoms with van der Waals surface area (Å²) in [6, 6.07) is 1.58. The van der Waals surface area contributed by atoms with Gasteiger partial charge in [0, 0.05) is 11.9 Å². The molecule has 0 spiro atoms. The number of rotatable bonds is 4. The minimum Gasteiger partial charge on any atom is -0.550 e. The van der Waals surface area contributed by atoms with Gasteiger partial charge in [-0.2, -0.15) is 0 Å². The van der Waals surface area contributed by atoms with Crippen molar-refractivity contribution in [3.8, 4) is 0 Å². The first-order valence-electron chi connectivity index (χ1n) is 6.37. The number of nitrogens with one attached hydrogen (secondary N) is 1. The third-order valence-electron chi connectivity index (χ3n) is 3.37. The molecule has 1 N–H and O–H groups in total. The molecule has 1 heterocycles. The molecule has 1 aromatic rings. The van der Waals surface area contributed by atoms with Crippen molar-refractivity contribution >= 4 is 34.9 Å². The first-order valence-corrected chi connectivity index (χ1v) is 7.25. The molecule has 0 unspecified atom stereocenters. The molecule has 112 valence electrons. The molecule has 0 bridgehead atoms. The van der Waals surface area contributed by atoms with Gasteiger partial charge in [0.2, 0.25) is 5.91 Å². The fraction of sp³-hybridized carbons (Fsp3) is 0.357. The lowest BCUT2D eigenvalue weighted by atomic mass is 9.82. The largest absolute Gasteiger partial charge is 0.550 e. The molecule has 6 nitrogen and oxygen atoms in total. The number of hydrogen-bond acceptors (Lipinski definition) is 6. The SMILES string of the molecule is COC(=O)c1sccc1NC(=O)[C@H]1CC=CC[C@H]1C(=O)[O-]. The summed E-state index contributed by atoms with van der Waals surface area (Å²) in [5, 5.41) is 15.4. The van der Waals surface area contributed by atoms with E-state index >= 15 is 0 Å². The van der Waals surface area contributed by atoms with Gasteiger partial charge in [0.15, 0.2) is 0 Å². The number of aliphatic carboxylic acids is 1. The molecular weight excluding hydrogens is 294 g/mol. The molecular formula is C14H14NO5S-. The van der Waals surface area contributed by atoms with Crippen LogP contribution in [-0.4, -0.2) is 25.0 Å².